The van der Waals surface area contributed by atoms with Crippen LogP contribution in [0.4, 0.5) is 0 Å². The van der Waals surface area contributed by atoms with Gasteiger partial charge in [-0.05, 0) is 132 Å². The van der Waals surface area contributed by atoms with Crippen LogP contribution in [-0.4, -0.2) is 186 Å². The summed E-state index contributed by atoms with van der Waals surface area (Å²) in [6, 6.07) is 7.94. The fourth-order valence-corrected chi connectivity index (χ4v) is 12.1. The summed E-state index contributed by atoms with van der Waals surface area (Å²) in [6.07, 6.45) is -1.43. The molecule has 0 bridgehead atoms. The maximum Gasteiger partial charge on any atom is 0.311 e. The summed E-state index contributed by atoms with van der Waals surface area (Å²) < 4.78 is 40.3. The summed E-state index contributed by atoms with van der Waals surface area (Å²) in [7, 11) is 7.22. The first-order valence-corrected chi connectivity index (χ1v) is 26.4. The van der Waals surface area contributed by atoms with Gasteiger partial charge < -0.3 is 63.8 Å². The molecule has 0 spiro atoms. The summed E-state index contributed by atoms with van der Waals surface area (Å²) >= 11 is 0. The van der Waals surface area contributed by atoms with Gasteiger partial charge >= 0.3 is 5.97 Å². The largest absolute Gasteiger partial charge is 0.459 e. The van der Waals surface area contributed by atoms with Crippen molar-refractivity contribution < 1.29 is 58.7 Å². The quantitative estimate of drug-likeness (QED) is 0.0870. The first-order chi connectivity index (χ1) is 33.8. The molecule has 3 aromatic rings. The van der Waals surface area contributed by atoms with Gasteiger partial charge in [-0.2, -0.15) is 0 Å². The average molecular weight is 1020 g/mol. The fraction of sp³-hybridized carbons (Fsp3) is 0.796. The Kier molecular flexibility index (Phi) is 19.3. The number of cyclic esters (lactones) is 1. The van der Waals surface area contributed by atoms with E-state index in [2.05, 4.69) is 32.3 Å². The number of hydrogen-bond acceptors (Lipinski definition) is 16. The van der Waals surface area contributed by atoms with Crippen LogP contribution in [-0.2, 0) is 52.6 Å². The summed E-state index contributed by atoms with van der Waals surface area (Å²) in [5, 5.41) is 71.1. The van der Waals surface area contributed by atoms with Gasteiger partial charge in [-0.1, -0.05) is 50.6 Å². The zero-order chi connectivity index (χ0) is 53.1. The number of ether oxygens (including phenoxy) is 6. The first-order valence-electron chi connectivity index (χ1n) is 26.4. The third-order valence-electron chi connectivity index (χ3n) is 16.7. The molecule has 5 heterocycles. The number of methoxy groups -OCH3 is 1. The highest BCUT2D eigenvalue weighted by Crippen LogP contribution is 2.42. The number of unbranched alkanes of at least 4 members (excludes halogenated alkanes) is 1. The Balaban J connectivity index is 1.28. The second-order valence-corrected chi connectivity index (χ2v) is 23.0. The smallest absolute Gasteiger partial charge is 0.311 e. The van der Waals surface area contributed by atoms with E-state index >= 15 is 0 Å². The number of fused-ring (bicyclic) bond motifs is 1. The van der Waals surface area contributed by atoms with E-state index in [1.807, 2.05) is 82.9 Å². The molecule has 408 valence electrons. The summed E-state index contributed by atoms with van der Waals surface area (Å²) in [6.45, 7) is 19.0. The van der Waals surface area contributed by atoms with Crippen LogP contribution in [0.3, 0.4) is 0 Å². The van der Waals surface area contributed by atoms with Gasteiger partial charge in [0.2, 0.25) is 0 Å². The number of benzene rings is 1. The van der Waals surface area contributed by atoms with Crippen molar-refractivity contribution in [3.8, 4) is 0 Å². The SMILES string of the molecule is CCC1OC(=O)[C@H](C)[C@@H](O[C@H]2C[C@@](C)(OC)[C@@H](O)[C@H](C)O2)[C@H](C)[C@@H](O[C@@H]2O[C@H](C)C[C@H](N(C)C)[C@H]2O)[C@](C)(O)C[C@@H](C)CN(C)[C@@](C)(CCCCc2cn(CCc3c[nH]c4ccccc34)nn2)[C@@H](O)[C@]1(C)O. The number of carbonyl (C=O) groups excluding carboxylic acids is 1. The van der Waals surface area contributed by atoms with E-state index in [0.29, 0.717) is 38.8 Å². The van der Waals surface area contributed by atoms with Crippen LogP contribution in [0.25, 0.3) is 10.9 Å². The summed E-state index contributed by atoms with van der Waals surface area (Å²) in [5.74, 6) is -2.78. The lowest BCUT2D eigenvalue weighted by Gasteiger charge is -2.50. The number of likely N-dealkylation sites (N-methyl/N-ethyl adjacent to an activating group) is 2. The van der Waals surface area contributed by atoms with Gasteiger partial charge in [0.25, 0.3) is 0 Å². The molecule has 3 saturated heterocycles. The van der Waals surface area contributed by atoms with Crippen LogP contribution in [0.5, 0.6) is 0 Å². The number of aromatic amines is 1. The normalized spacial score (nSPS) is 40.2. The Bertz CT molecular complexity index is 2190. The molecule has 0 aliphatic carbocycles. The molecule has 3 aliphatic rings. The first kappa shape index (κ1) is 58.2. The molecule has 0 amide bonds. The molecule has 2 aromatic heterocycles. The second-order valence-electron chi connectivity index (χ2n) is 23.0. The Morgan fingerprint density at radius 3 is 2.35 bits per heavy atom. The topological polar surface area (TPSA) is 227 Å². The Morgan fingerprint density at radius 2 is 1.67 bits per heavy atom. The number of esters is 1. The molecule has 1 unspecified atom stereocenters. The molecule has 72 heavy (non-hydrogen) atoms. The average Bonchev–Trinajstić information content (AvgIpc) is 3.97. The monoisotopic (exact) mass is 1010 g/mol. The number of para-hydroxylation sites is 1. The minimum absolute atomic E-state index is 0.113. The molecule has 0 radical (unpaired) electrons. The minimum Gasteiger partial charge on any atom is -0.459 e. The number of nitrogens with one attached hydrogen (secondary N) is 1. The lowest BCUT2D eigenvalue weighted by atomic mass is 9.75. The molecule has 18 nitrogen and oxygen atoms in total. The molecule has 6 N–H and O–H groups in total. The number of aliphatic hydroxyl groups excluding tert-OH is 3. The number of aromatic nitrogens is 4. The number of aliphatic hydroxyl groups is 5. The van der Waals surface area contributed by atoms with E-state index in [9.17, 15) is 30.3 Å². The molecule has 3 aliphatic heterocycles. The number of nitrogens with zero attached hydrogens (tertiary/aromatic N) is 5. The van der Waals surface area contributed by atoms with E-state index in [1.165, 1.54) is 25.0 Å². The van der Waals surface area contributed by atoms with E-state index < -0.39 is 95.5 Å². The van der Waals surface area contributed by atoms with Crippen molar-refractivity contribution in [1.29, 1.82) is 0 Å². The Morgan fingerprint density at radius 1 is 0.958 bits per heavy atom. The number of rotatable bonds is 15. The molecule has 1 aromatic carbocycles. The van der Waals surface area contributed by atoms with Crippen molar-refractivity contribution in [2.75, 3.05) is 34.8 Å². The summed E-state index contributed by atoms with van der Waals surface area (Å²) in [5.41, 5.74) is -2.45. The van der Waals surface area contributed by atoms with Crippen LogP contribution >= 0.6 is 0 Å². The van der Waals surface area contributed by atoms with Crippen molar-refractivity contribution in [1.82, 2.24) is 29.8 Å². The highest BCUT2D eigenvalue weighted by molar-refractivity contribution is 5.83. The molecular weight excluding hydrogens is 925 g/mol. The van der Waals surface area contributed by atoms with Crippen LogP contribution in [0.2, 0.25) is 0 Å². The van der Waals surface area contributed by atoms with Crippen molar-refractivity contribution in [3.63, 3.8) is 0 Å². The third-order valence-corrected chi connectivity index (χ3v) is 16.7. The Labute approximate surface area is 428 Å². The number of hydrogen-bond donors (Lipinski definition) is 6. The maximum atomic E-state index is 14.8. The lowest BCUT2D eigenvalue weighted by Crippen LogP contribution is -2.65. The highest BCUT2D eigenvalue weighted by atomic mass is 16.7. The number of H-pyrrole nitrogens is 1. The summed E-state index contributed by atoms with van der Waals surface area (Å²) in [4.78, 5) is 22.1. The zero-order valence-electron chi connectivity index (χ0n) is 45.7. The van der Waals surface area contributed by atoms with Crippen molar-refractivity contribution in [2.45, 2.75) is 223 Å². The van der Waals surface area contributed by atoms with Crippen LogP contribution in [0, 0.1) is 17.8 Å². The van der Waals surface area contributed by atoms with Crippen molar-refractivity contribution in [2.24, 2.45) is 17.8 Å². The molecular formula is C54H90N6O12. The molecule has 3 fully saturated rings. The lowest BCUT2D eigenvalue weighted by molar-refractivity contribution is -0.318. The second kappa shape index (κ2) is 23.8. The van der Waals surface area contributed by atoms with E-state index in [4.69, 9.17) is 28.4 Å². The van der Waals surface area contributed by atoms with Gasteiger partial charge in [-0.15, -0.1) is 5.10 Å². The third kappa shape index (κ3) is 12.9. The highest BCUT2D eigenvalue weighted by Gasteiger charge is 2.55. The standard InChI is InChI=1S/C54H90N6O12/c1-15-42-54(10,66)50(64)51(7,24-19-18-20-38-31-60(57-56-38)25-23-37-29-55-40-22-17-16-21-39(37)40)59(13)30-32(2)27-52(8,65)47(72-49-44(61)41(58(11)12)26-33(3)68-49)34(4)45(35(5)48(63)70-42)71-43-28-53(9,67-14)46(62)36(6)69-43/h16-17,21-22,29,31-36,41-47,49-50,55,61-62,64-66H,15,18-20,23-28,30H2,1-14H3/t32-,33-,34+,35-,36+,41+,42?,43+,44-,45+,46+,47-,49+,50-,51+,52-,53-,54-/m1/s1. The van der Waals surface area contributed by atoms with E-state index in [0.717, 1.165) is 24.1 Å². The van der Waals surface area contributed by atoms with Crippen LogP contribution < -0.4 is 0 Å². The number of carbonyl (C=O) groups is 1. The number of aryl methyl sites for hydroxylation is 3. The van der Waals surface area contributed by atoms with Gasteiger partial charge in [0.1, 0.15) is 30.0 Å². The predicted molar refractivity (Wildman–Crippen MR) is 273 cm³/mol. The van der Waals surface area contributed by atoms with Gasteiger partial charge in [0.15, 0.2) is 12.6 Å². The van der Waals surface area contributed by atoms with Crippen molar-refractivity contribution in [3.05, 3.63) is 47.9 Å². The maximum absolute atomic E-state index is 14.8. The van der Waals surface area contributed by atoms with Gasteiger partial charge in [-0.3, -0.25) is 14.4 Å². The molecule has 6 rings (SSSR count). The van der Waals surface area contributed by atoms with Crippen LogP contribution in [0.15, 0.2) is 36.7 Å². The van der Waals surface area contributed by atoms with Crippen LogP contribution in [0.1, 0.15) is 125 Å². The molecule has 0 saturated carbocycles. The molecule has 18 heteroatoms. The fourth-order valence-electron chi connectivity index (χ4n) is 12.1. The van der Waals surface area contributed by atoms with E-state index in [-0.39, 0.29) is 37.3 Å². The van der Waals surface area contributed by atoms with Gasteiger partial charge in [0, 0.05) is 67.4 Å². The minimum atomic E-state index is -1.92. The van der Waals surface area contributed by atoms with Gasteiger partial charge in [-0.25, -0.2) is 0 Å². The zero-order valence-corrected chi connectivity index (χ0v) is 45.7. The Hall–Kier alpha value is -3.11. The van der Waals surface area contributed by atoms with Gasteiger partial charge in [0.05, 0.1) is 47.2 Å². The van der Waals surface area contributed by atoms with Crippen molar-refractivity contribution >= 4 is 16.9 Å². The van der Waals surface area contributed by atoms with E-state index in [1.54, 1.807) is 34.6 Å². The predicted octanol–water partition coefficient (Wildman–Crippen LogP) is 5.00. The molecule has 18 atom stereocenters.